The number of rotatable bonds is 59. The van der Waals surface area contributed by atoms with E-state index in [1.807, 2.05) is 0 Å². The number of hydrogen-bond acceptors (Lipinski definition) is 18. The molecule has 19 heteroatoms. The normalized spacial score (nSPS) is 27.9. The summed E-state index contributed by atoms with van der Waals surface area (Å²) in [4.78, 5) is 13.5. The molecule has 0 bridgehead atoms. The van der Waals surface area contributed by atoms with Crippen LogP contribution in [0.3, 0.4) is 0 Å². The van der Waals surface area contributed by atoms with E-state index >= 15 is 0 Å². The van der Waals surface area contributed by atoms with Gasteiger partial charge >= 0.3 is 0 Å². The number of nitrogens with one attached hydrogen (secondary N) is 1. The maximum atomic E-state index is 13.5. The van der Waals surface area contributed by atoms with Crippen molar-refractivity contribution in [2.75, 3.05) is 26.4 Å². The molecule has 90 heavy (non-hydrogen) atoms. The number of aliphatic hydroxyl groups is 11. The van der Waals surface area contributed by atoms with Gasteiger partial charge in [-0.2, -0.15) is 0 Å². The van der Waals surface area contributed by atoms with Crippen LogP contribution in [0, 0.1) is 0 Å². The van der Waals surface area contributed by atoms with Crippen molar-refractivity contribution < 1.29 is 89.4 Å². The summed E-state index contributed by atoms with van der Waals surface area (Å²) in [6, 6.07) is -0.882. The van der Waals surface area contributed by atoms with Gasteiger partial charge in [0.05, 0.1) is 38.6 Å². The third kappa shape index (κ3) is 35.2. The Morgan fingerprint density at radius 3 is 0.967 bits per heavy atom. The molecule has 0 aliphatic carbocycles. The van der Waals surface area contributed by atoms with Gasteiger partial charge in [0.1, 0.15) is 73.2 Å². The maximum Gasteiger partial charge on any atom is 0.220 e. The molecular weight excluding hydrogens is 1150 g/mol. The predicted molar refractivity (Wildman–Crippen MR) is 351 cm³/mol. The van der Waals surface area contributed by atoms with E-state index in [2.05, 4.69) is 19.2 Å². The smallest absolute Gasteiger partial charge is 0.220 e. The molecule has 12 N–H and O–H groups in total. The lowest BCUT2D eigenvalue weighted by molar-refractivity contribution is -0.379. The van der Waals surface area contributed by atoms with Crippen LogP contribution in [0.2, 0.25) is 0 Å². The zero-order valence-electron chi connectivity index (χ0n) is 56.7. The number of aliphatic hydroxyl groups excluding tert-OH is 11. The topological polar surface area (TPSA) is 307 Å². The molecular formula is C71H137NO18. The zero-order chi connectivity index (χ0) is 65.4. The van der Waals surface area contributed by atoms with Crippen LogP contribution in [0.15, 0.2) is 0 Å². The van der Waals surface area contributed by atoms with Crippen molar-refractivity contribution in [3.05, 3.63) is 0 Å². The molecule has 0 aromatic rings. The summed E-state index contributed by atoms with van der Waals surface area (Å²) in [7, 11) is 0. The number of hydrogen-bond donors (Lipinski definition) is 12. The van der Waals surface area contributed by atoms with E-state index in [1.54, 1.807) is 0 Å². The van der Waals surface area contributed by atoms with E-state index < -0.39 is 124 Å². The molecule has 17 atom stereocenters. The number of carbonyl (C=O) groups is 1. The number of carbonyl (C=O) groups excluding carboxylic acids is 1. The van der Waals surface area contributed by atoms with Gasteiger partial charge in [-0.1, -0.05) is 296 Å². The van der Waals surface area contributed by atoms with Crippen LogP contribution in [0.5, 0.6) is 0 Å². The Morgan fingerprint density at radius 2 is 0.633 bits per heavy atom. The highest BCUT2D eigenvalue weighted by atomic mass is 16.8. The fraction of sp³-hybridized carbons (Fsp3) is 0.986. The van der Waals surface area contributed by atoms with Crippen molar-refractivity contribution in [3.63, 3.8) is 0 Å². The lowest BCUT2D eigenvalue weighted by Crippen LogP contribution is -2.66. The van der Waals surface area contributed by atoms with Crippen molar-refractivity contribution in [3.8, 4) is 0 Å². The van der Waals surface area contributed by atoms with Crippen molar-refractivity contribution in [2.24, 2.45) is 0 Å². The molecule has 0 saturated carbocycles. The molecule has 19 nitrogen and oxygen atoms in total. The van der Waals surface area contributed by atoms with Gasteiger partial charge in [0, 0.05) is 6.42 Å². The predicted octanol–water partition coefficient (Wildman–Crippen LogP) is 10.7. The summed E-state index contributed by atoms with van der Waals surface area (Å²) in [6.45, 7) is 1.86. The van der Waals surface area contributed by atoms with Crippen LogP contribution in [-0.4, -0.2) is 193 Å². The second kappa shape index (κ2) is 53.9. The Hall–Kier alpha value is -1.21. The molecule has 0 spiro atoms. The summed E-state index contributed by atoms with van der Waals surface area (Å²) < 4.78 is 34.5. The second-order valence-corrected chi connectivity index (χ2v) is 27.1. The molecule has 1 amide bonds. The highest BCUT2D eigenvalue weighted by Gasteiger charge is 2.53. The van der Waals surface area contributed by atoms with Crippen LogP contribution in [0.25, 0.3) is 0 Å². The summed E-state index contributed by atoms with van der Waals surface area (Å²) in [5.74, 6) is -0.234. The molecule has 3 fully saturated rings. The first-order valence-electron chi connectivity index (χ1n) is 37.3. The third-order valence-corrected chi connectivity index (χ3v) is 19.2. The number of amides is 1. The van der Waals surface area contributed by atoms with Crippen LogP contribution in [0.1, 0.15) is 316 Å². The molecule has 3 rings (SSSR count). The molecule has 3 heterocycles. The van der Waals surface area contributed by atoms with Crippen LogP contribution < -0.4 is 5.32 Å². The Balaban J connectivity index is 1.40. The lowest BCUT2D eigenvalue weighted by atomic mass is 9.96. The zero-order valence-corrected chi connectivity index (χ0v) is 56.7. The first-order valence-corrected chi connectivity index (χ1v) is 37.3. The Labute approximate surface area is 544 Å². The molecule has 3 aliphatic rings. The average molecular weight is 1290 g/mol. The fourth-order valence-corrected chi connectivity index (χ4v) is 13.1. The molecule has 3 aliphatic heterocycles. The van der Waals surface area contributed by atoms with Gasteiger partial charge in [-0.25, -0.2) is 0 Å². The minimum atomic E-state index is -1.97. The minimum absolute atomic E-state index is 0.234. The highest BCUT2D eigenvalue weighted by molar-refractivity contribution is 5.76. The largest absolute Gasteiger partial charge is 0.394 e. The molecule has 17 unspecified atom stereocenters. The van der Waals surface area contributed by atoms with Gasteiger partial charge in [-0.3, -0.25) is 4.79 Å². The van der Waals surface area contributed by atoms with Crippen molar-refractivity contribution in [1.82, 2.24) is 5.32 Å². The summed E-state index contributed by atoms with van der Waals surface area (Å²) >= 11 is 0. The van der Waals surface area contributed by atoms with Crippen LogP contribution in [-0.2, 0) is 33.2 Å². The molecule has 3 saturated heterocycles. The fourth-order valence-electron chi connectivity index (χ4n) is 13.1. The molecule has 534 valence electrons. The molecule has 0 aromatic carbocycles. The molecule has 0 aromatic heterocycles. The van der Waals surface area contributed by atoms with Crippen molar-refractivity contribution in [1.29, 1.82) is 0 Å². The second-order valence-electron chi connectivity index (χ2n) is 27.1. The lowest BCUT2D eigenvalue weighted by Gasteiger charge is -2.48. The Bertz CT molecular complexity index is 1640. The van der Waals surface area contributed by atoms with Gasteiger partial charge in [-0.05, 0) is 12.8 Å². The highest BCUT2D eigenvalue weighted by Crippen LogP contribution is 2.33. The van der Waals surface area contributed by atoms with E-state index in [9.17, 15) is 61.0 Å². The minimum Gasteiger partial charge on any atom is -0.394 e. The first-order chi connectivity index (χ1) is 43.8. The van der Waals surface area contributed by atoms with E-state index in [4.69, 9.17) is 28.4 Å². The van der Waals surface area contributed by atoms with E-state index in [0.717, 1.165) is 44.9 Å². The number of ether oxygens (including phenoxy) is 6. The van der Waals surface area contributed by atoms with Gasteiger partial charge < -0.3 is 89.9 Å². The van der Waals surface area contributed by atoms with Gasteiger partial charge in [0.25, 0.3) is 0 Å². The monoisotopic (exact) mass is 1290 g/mol. The first kappa shape index (κ1) is 83.0. The maximum absolute atomic E-state index is 13.5. The third-order valence-electron chi connectivity index (χ3n) is 19.2. The van der Waals surface area contributed by atoms with E-state index in [0.29, 0.717) is 12.8 Å². The van der Waals surface area contributed by atoms with E-state index in [-0.39, 0.29) is 18.9 Å². The van der Waals surface area contributed by atoms with Crippen molar-refractivity contribution in [2.45, 2.75) is 420 Å². The van der Waals surface area contributed by atoms with Crippen LogP contribution >= 0.6 is 0 Å². The van der Waals surface area contributed by atoms with Crippen LogP contribution in [0.4, 0.5) is 0 Å². The number of unbranched alkanes of at least 4 members (excludes halogenated alkanes) is 43. The molecule has 0 radical (unpaired) electrons. The standard InChI is InChI=1S/C71H137NO18/c1-3-5-7-9-11-13-15-17-19-21-23-25-26-27-28-29-31-33-35-37-39-41-43-45-47-49-59(77)72-54(55(76)48-46-44-42-40-38-36-34-32-30-24-22-20-18-16-14-12-10-8-6-4-2)53-85-69-65(83)62(80)67(57(51-74)87-69)90-71-66(84)63(81)68(58(52-75)88-71)89-70-64(82)61(79)60(78)56(50-73)86-70/h54-58,60-71,73-76,78-84H,3-53H2,1-2H3,(H,72,77). The van der Waals surface area contributed by atoms with E-state index in [1.165, 1.54) is 238 Å². The summed E-state index contributed by atoms with van der Waals surface area (Å²) in [5.41, 5.74) is 0. The van der Waals surface area contributed by atoms with Gasteiger partial charge in [0.15, 0.2) is 18.9 Å². The quantitative estimate of drug-likeness (QED) is 0.0252. The Kier molecular flexibility index (Phi) is 49.7. The summed E-state index contributed by atoms with van der Waals surface area (Å²) in [6.07, 6.45) is 31.8. The average Bonchev–Trinajstić information content (AvgIpc) is 0.847. The summed E-state index contributed by atoms with van der Waals surface area (Å²) in [5, 5.41) is 121. The van der Waals surface area contributed by atoms with Crippen molar-refractivity contribution >= 4 is 5.91 Å². The van der Waals surface area contributed by atoms with Gasteiger partial charge in [-0.15, -0.1) is 0 Å². The SMILES string of the molecule is CCCCCCCCCCCCCCCCCCCCCCCCCCCC(=O)NC(COC1OC(CO)C(OC2OC(CO)C(OC3OC(CO)C(O)C(O)C3O)C(O)C2O)C(O)C1O)C(O)CCCCCCCCCCCCCCCCCCCCCC. The Morgan fingerprint density at radius 1 is 0.356 bits per heavy atom. The van der Waals surface area contributed by atoms with Gasteiger partial charge in [0.2, 0.25) is 5.91 Å².